The second kappa shape index (κ2) is 6.35. The maximum Gasteiger partial charge on any atom is 0.0914 e. The van der Waals surface area contributed by atoms with Crippen LogP contribution in [0.25, 0.3) is 0 Å². The summed E-state index contributed by atoms with van der Waals surface area (Å²) in [6.07, 6.45) is 0.629. The average molecular weight is 249 g/mol. The minimum absolute atomic E-state index is 0.0382. The van der Waals surface area contributed by atoms with E-state index in [0.29, 0.717) is 12.5 Å². The Balaban J connectivity index is 2.65. The molecule has 0 amide bonds. The maximum atomic E-state index is 10.2. The van der Waals surface area contributed by atoms with Crippen LogP contribution in [0, 0.1) is 5.92 Å². The number of β-amino-alcohol motifs (C(OH)–C–C–N with tert-alkyl or cyclic N) is 1. The van der Waals surface area contributed by atoms with Gasteiger partial charge in [-0.3, -0.25) is 0 Å². The van der Waals surface area contributed by atoms with Crippen LogP contribution in [0.1, 0.15) is 51.8 Å². The summed E-state index contributed by atoms with van der Waals surface area (Å²) in [7, 11) is 0. The molecule has 0 aromatic heterocycles. The number of rotatable bonds is 5. The molecule has 0 heterocycles. The van der Waals surface area contributed by atoms with Crippen molar-refractivity contribution in [3.05, 3.63) is 35.4 Å². The van der Waals surface area contributed by atoms with Gasteiger partial charge in [0.25, 0.3) is 0 Å². The third-order valence-corrected chi connectivity index (χ3v) is 2.81. The van der Waals surface area contributed by atoms with Gasteiger partial charge < -0.3 is 10.4 Å². The van der Waals surface area contributed by atoms with E-state index in [1.54, 1.807) is 0 Å². The molecule has 0 spiro atoms. The molecule has 1 unspecified atom stereocenters. The van der Waals surface area contributed by atoms with E-state index < -0.39 is 6.10 Å². The van der Waals surface area contributed by atoms with Gasteiger partial charge in [-0.05, 0) is 44.2 Å². The van der Waals surface area contributed by atoms with Crippen LogP contribution in [0.3, 0.4) is 0 Å². The fourth-order valence-corrected chi connectivity index (χ4v) is 1.92. The van der Waals surface area contributed by atoms with Crippen molar-refractivity contribution in [3.63, 3.8) is 0 Å². The van der Waals surface area contributed by atoms with Crippen molar-refractivity contribution in [1.29, 1.82) is 0 Å². The van der Waals surface area contributed by atoms with Gasteiger partial charge in [-0.2, -0.15) is 0 Å². The first-order valence-corrected chi connectivity index (χ1v) is 6.80. The van der Waals surface area contributed by atoms with Crippen LogP contribution in [-0.4, -0.2) is 17.2 Å². The van der Waals surface area contributed by atoms with Crippen LogP contribution in [0.4, 0.5) is 0 Å². The summed E-state index contributed by atoms with van der Waals surface area (Å²) >= 11 is 0. The Labute approximate surface area is 111 Å². The van der Waals surface area contributed by atoms with Crippen LogP contribution < -0.4 is 5.32 Å². The zero-order chi connectivity index (χ0) is 13.8. The Morgan fingerprint density at radius 3 is 2.44 bits per heavy atom. The Hall–Kier alpha value is -0.860. The standard InChI is InChI=1S/C16H27NO/c1-12(2)9-13-7-6-8-14(10-13)15(18)11-17-16(3,4)5/h6-8,10,12,15,17-18H,9,11H2,1-5H3. The van der Waals surface area contributed by atoms with E-state index in [1.807, 2.05) is 12.1 Å². The SMILES string of the molecule is CC(C)Cc1cccc(C(O)CNC(C)(C)C)c1. The molecule has 102 valence electrons. The first-order chi connectivity index (χ1) is 8.28. The van der Waals surface area contributed by atoms with E-state index in [4.69, 9.17) is 0 Å². The van der Waals surface area contributed by atoms with Gasteiger partial charge in [-0.1, -0.05) is 38.1 Å². The van der Waals surface area contributed by atoms with Gasteiger partial charge >= 0.3 is 0 Å². The minimum atomic E-state index is -0.434. The lowest BCUT2D eigenvalue weighted by molar-refractivity contribution is 0.163. The van der Waals surface area contributed by atoms with Gasteiger partial charge in [0.2, 0.25) is 0 Å². The molecule has 1 aromatic carbocycles. The second-order valence-corrected chi connectivity index (χ2v) is 6.49. The van der Waals surface area contributed by atoms with Crippen molar-refractivity contribution < 1.29 is 5.11 Å². The van der Waals surface area contributed by atoms with Gasteiger partial charge in [0.15, 0.2) is 0 Å². The molecule has 2 N–H and O–H groups in total. The van der Waals surface area contributed by atoms with Crippen molar-refractivity contribution in [1.82, 2.24) is 5.32 Å². The molecule has 1 aromatic rings. The lowest BCUT2D eigenvalue weighted by Crippen LogP contribution is -2.38. The van der Waals surface area contributed by atoms with Crippen LogP contribution in [0.15, 0.2) is 24.3 Å². The predicted octanol–water partition coefficient (Wildman–Crippen LogP) is 3.31. The van der Waals surface area contributed by atoms with Gasteiger partial charge in [-0.25, -0.2) is 0 Å². The summed E-state index contributed by atoms with van der Waals surface area (Å²) in [5, 5.41) is 13.5. The summed E-state index contributed by atoms with van der Waals surface area (Å²) in [6, 6.07) is 8.29. The molecular formula is C16H27NO. The molecule has 0 aliphatic heterocycles. The van der Waals surface area contributed by atoms with Crippen molar-refractivity contribution in [2.45, 2.75) is 52.7 Å². The molecule has 18 heavy (non-hydrogen) atoms. The third kappa shape index (κ3) is 5.65. The normalized spacial score (nSPS) is 13.9. The molecule has 0 aliphatic rings. The molecule has 0 fully saturated rings. The van der Waals surface area contributed by atoms with Crippen molar-refractivity contribution in [3.8, 4) is 0 Å². The molecule has 0 bridgehead atoms. The van der Waals surface area contributed by atoms with Gasteiger partial charge in [0, 0.05) is 12.1 Å². The number of benzene rings is 1. The third-order valence-electron chi connectivity index (χ3n) is 2.81. The number of aliphatic hydroxyl groups is 1. The van der Waals surface area contributed by atoms with Crippen LogP contribution in [0.5, 0.6) is 0 Å². The summed E-state index contributed by atoms with van der Waals surface area (Å²) in [5.74, 6) is 0.644. The summed E-state index contributed by atoms with van der Waals surface area (Å²) < 4.78 is 0. The quantitative estimate of drug-likeness (QED) is 0.839. The number of aliphatic hydroxyl groups excluding tert-OH is 1. The van der Waals surface area contributed by atoms with Gasteiger partial charge in [0.1, 0.15) is 0 Å². The highest BCUT2D eigenvalue weighted by atomic mass is 16.3. The van der Waals surface area contributed by atoms with Crippen LogP contribution in [0.2, 0.25) is 0 Å². The first-order valence-electron chi connectivity index (χ1n) is 6.80. The molecule has 0 radical (unpaired) electrons. The van der Waals surface area contributed by atoms with Crippen LogP contribution >= 0.6 is 0 Å². The van der Waals surface area contributed by atoms with Crippen LogP contribution in [-0.2, 0) is 6.42 Å². The van der Waals surface area contributed by atoms with E-state index in [0.717, 1.165) is 12.0 Å². The Morgan fingerprint density at radius 2 is 1.89 bits per heavy atom. The lowest BCUT2D eigenvalue weighted by atomic mass is 9.99. The number of hydrogen-bond acceptors (Lipinski definition) is 2. The van der Waals surface area contributed by atoms with Crippen molar-refractivity contribution in [2.24, 2.45) is 5.92 Å². The highest BCUT2D eigenvalue weighted by Crippen LogP contribution is 2.17. The lowest BCUT2D eigenvalue weighted by Gasteiger charge is -2.23. The van der Waals surface area contributed by atoms with E-state index in [9.17, 15) is 5.11 Å². The number of nitrogens with one attached hydrogen (secondary N) is 1. The zero-order valence-electron chi connectivity index (χ0n) is 12.3. The highest BCUT2D eigenvalue weighted by Gasteiger charge is 2.13. The topological polar surface area (TPSA) is 32.3 Å². The smallest absolute Gasteiger partial charge is 0.0914 e. The van der Waals surface area contributed by atoms with Gasteiger partial charge in [0.05, 0.1) is 6.10 Å². The zero-order valence-corrected chi connectivity index (χ0v) is 12.3. The maximum absolute atomic E-state index is 10.2. The fraction of sp³-hybridized carbons (Fsp3) is 0.625. The summed E-state index contributed by atoms with van der Waals surface area (Å²) in [5.41, 5.74) is 2.35. The second-order valence-electron chi connectivity index (χ2n) is 6.49. The minimum Gasteiger partial charge on any atom is -0.387 e. The summed E-state index contributed by atoms with van der Waals surface area (Å²) in [4.78, 5) is 0. The first kappa shape index (κ1) is 15.2. The average Bonchev–Trinajstić information content (AvgIpc) is 2.24. The largest absolute Gasteiger partial charge is 0.387 e. The van der Waals surface area contributed by atoms with Crippen molar-refractivity contribution in [2.75, 3.05) is 6.54 Å². The molecular weight excluding hydrogens is 222 g/mol. The van der Waals surface area contributed by atoms with Crippen molar-refractivity contribution >= 4 is 0 Å². The Morgan fingerprint density at radius 1 is 1.22 bits per heavy atom. The van der Waals surface area contributed by atoms with E-state index in [1.165, 1.54) is 5.56 Å². The van der Waals surface area contributed by atoms with E-state index in [-0.39, 0.29) is 5.54 Å². The Kier molecular flexibility index (Phi) is 5.36. The molecule has 0 saturated heterocycles. The predicted molar refractivity (Wildman–Crippen MR) is 77.7 cm³/mol. The van der Waals surface area contributed by atoms with E-state index in [2.05, 4.69) is 52.1 Å². The van der Waals surface area contributed by atoms with E-state index >= 15 is 0 Å². The fourth-order valence-electron chi connectivity index (χ4n) is 1.92. The highest BCUT2D eigenvalue weighted by molar-refractivity contribution is 5.25. The molecule has 0 saturated carbocycles. The number of hydrogen-bond donors (Lipinski definition) is 2. The monoisotopic (exact) mass is 249 g/mol. The summed E-state index contributed by atoms with van der Waals surface area (Å²) in [6.45, 7) is 11.3. The molecule has 2 heteroatoms. The molecule has 2 nitrogen and oxygen atoms in total. The van der Waals surface area contributed by atoms with Gasteiger partial charge in [-0.15, -0.1) is 0 Å². The molecule has 1 rings (SSSR count). The Bertz CT molecular complexity index is 366. The molecule has 0 aliphatic carbocycles. The molecule has 1 atom stereocenters.